The Morgan fingerprint density at radius 2 is 1.86 bits per heavy atom. The van der Waals surface area contributed by atoms with Gasteiger partial charge in [0.15, 0.2) is 11.8 Å². The van der Waals surface area contributed by atoms with Crippen LogP contribution >= 0.6 is 0 Å². The van der Waals surface area contributed by atoms with Crippen molar-refractivity contribution >= 4 is 11.7 Å². The van der Waals surface area contributed by atoms with E-state index in [0.29, 0.717) is 11.5 Å². The van der Waals surface area contributed by atoms with Crippen molar-refractivity contribution < 1.29 is 14.3 Å². The molecule has 0 aliphatic carbocycles. The average molecular weight is 281 g/mol. The van der Waals surface area contributed by atoms with Crippen molar-refractivity contribution in [3.8, 4) is 5.75 Å². The van der Waals surface area contributed by atoms with Crippen molar-refractivity contribution in [2.45, 2.75) is 6.04 Å². The quantitative estimate of drug-likeness (QED) is 0.810. The molecular weight excluding hydrogens is 266 g/mol. The van der Waals surface area contributed by atoms with Crippen molar-refractivity contribution in [2.24, 2.45) is 4.99 Å². The molecule has 1 aliphatic rings. The highest BCUT2D eigenvalue weighted by atomic mass is 16.5. The molecule has 0 N–H and O–H groups in total. The minimum absolute atomic E-state index is 0.0383. The summed E-state index contributed by atoms with van der Waals surface area (Å²) in [6.07, 6.45) is 0. The van der Waals surface area contributed by atoms with Gasteiger partial charge in [0.05, 0.1) is 7.11 Å². The number of aliphatic imine (C=N–C) groups is 1. The van der Waals surface area contributed by atoms with E-state index in [4.69, 9.17) is 9.47 Å². The summed E-state index contributed by atoms with van der Waals surface area (Å²) in [5.74, 6) is 1.22. The smallest absolute Gasteiger partial charge is 0.217 e. The third kappa shape index (κ3) is 2.79. The topological polar surface area (TPSA) is 47.9 Å². The van der Waals surface area contributed by atoms with Crippen molar-refractivity contribution in [1.29, 1.82) is 0 Å². The van der Waals surface area contributed by atoms with Gasteiger partial charge in [-0.1, -0.05) is 18.2 Å². The second-order valence-electron chi connectivity index (χ2n) is 4.72. The van der Waals surface area contributed by atoms with Gasteiger partial charge in [-0.15, -0.1) is 0 Å². The van der Waals surface area contributed by atoms with Crippen LogP contribution in [0.5, 0.6) is 5.75 Å². The molecule has 106 valence electrons. The Labute approximate surface area is 123 Å². The molecule has 2 aromatic rings. The lowest BCUT2D eigenvalue weighted by Crippen LogP contribution is -2.19. The summed E-state index contributed by atoms with van der Waals surface area (Å²) in [5, 5.41) is 0. The second-order valence-corrected chi connectivity index (χ2v) is 4.72. The number of Topliss-reactive ketones (excluding diaryl/α,β-unsaturated/α-hetero) is 1. The van der Waals surface area contributed by atoms with Gasteiger partial charge in [0, 0.05) is 11.1 Å². The van der Waals surface area contributed by atoms with Gasteiger partial charge in [-0.2, -0.15) is 0 Å². The first-order valence-electron chi connectivity index (χ1n) is 6.72. The van der Waals surface area contributed by atoms with E-state index in [9.17, 15) is 4.79 Å². The van der Waals surface area contributed by atoms with Crippen LogP contribution in [0.25, 0.3) is 0 Å². The van der Waals surface area contributed by atoms with E-state index in [1.165, 1.54) is 0 Å². The Bertz CT molecular complexity index is 662. The number of methoxy groups -OCH3 is 1. The van der Waals surface area contributed by atoms with Crippen LogP contribution in [0.3, 0.4) is 0 Å². The molecule has 0 bridgehead atoms. The van der Waals surface area contributed by atoms with Crippen LogP contribution in [-0.2, 0) is 4.74 Å². The molecular formula is C17H15NO3. The fourth-order valence-corrected chi connectivity index (χ4v) is 2.19. The van der Waals surface area contributed by atoms with E-state index in [1.54, 1.807) is 31.4 Å². The third-order valence-electron chi connectivity index (χ3n) is 3.35. The molecule has 0 spiro atoms. The number of ether oxygens (including phenoxy) is 2. The highest BCUT2D eigenvalue weighted by Crippen LogP contribution is 2.18. The Morgan fingerprint density at radius 1 is 1.14 bits per heavy atom. The first kappa shape index (κ1) is 13.4. The lowest BCUT2D eigenvalue weighted by Gasteiger charge is -2.05. The van der Waals surface area contributed by atoms with E-state index in [0.717, 1.165) is 11.3 Å². The minimum Gasteiger partial charge on any atom is -0.497 e. The summed E-state index contributed by atoms with van der Waals surface area (Å²) >= 11 is 0. The van der Waals surface area contributed by atoms with Gasteiger partial charge in [0.2, 0.25) is 5.90 Å². The van der Waals surface area contributed by atoms with Gasteiger partial charge in [-0.05, 0) is 36.4 Å². The van der Waals surface area contributed by atoms with E-state index < -0.39 is 6.04 Å². The van der Waals surface area contributed by atoms with Crippen molar-refractivity contribution in [2.75, 3.05) is 13.7 Å². The van der Waals surface area contributed by atoms with Gasteiger partial charge in [0.25, 0.3) is 0 Å². The minimum atomic E-state index is -0.478. The van der Waals surface area contributed by atoms with Gasteiger partial charge >= 0.3 is 0 Å². The molecule has 0 aromatic heterocycles. The van der Waals surface area contributed by atoms with Crippen LogP contribution in [0.15, 0.2) is 59.6 Å². The molecule has 0 fully saturated rings. The van der Waals surface area contributed by atoms with Crippen LogP contribution < -0.4 is 4.74 Å². The molecule has 1 unspecified atom stereocenters. The summed E-state index contributed by atoms with van der Waals surface area (Å²) < 4.78 is 10.6. The van der Waals surface area contributed by atoms with E-state index in [2.05, 4.69) is 4.99 Å². The van der Waals surface area contributed by atoms with E-state index in [1.807, 2.05) is 30.3 Å². The fraction of sp³-hybridized carbons (Fsp3) is 0.176. The molecule has 1 aliphatic heterocycles. The van der Waals surface area contributed by atoms with Crippen LogP contribution in [0.4, 0.5) is 0 Å². The lowest BCUT2D eigenvalue weighted by atomic mass is 10.1. The predicted octanol–water partition coefficient (Wildman–Crippen LogP) is 2.72. The van der Waals surface area contributed by atoms with Crippen LogP contribution in [0.2, 0.25) is 0 Å². The van der Waals surface area contributed by atoms with Crippen LogP contribution in [0.1, 0.15) is 15.9 Å². The van der Waals surface area contributed by atoms with Gasteiger partial charge in [0.1, 0.15) is 12.4 Å². The first-order valence-corrected chi connectivity index (χ1v) is 6.72. The number of ketones is 1. The number of carbonyl (C=O) groups is 1. The summed E-state index contributed by atoms with van der Waals surface area (Å²) in [6.45, 7) is 0.287. The molecule has 0 radical (unpaired) electrons. The Hall–Kier alpha value is -2.62. The Balaban J connectivity index is 1.78. The molecule has 4 heteroatoms. The lowest BCUT2D eigenvalue weighted by molar-refractivity contribution is 0.0948. The molecule has 1 heterocycles. The number of benzene rings is 2. The Morgan fingerprint density at radius 3 is 2.52 bits per heavy atom. The number of rotatable bonds is 4. The average Bonchev–Trinajstić information content (AvgIpc) is 3.05. The maximum atomic E-state index is 12.4. The van der Waals surface area contributed by atoms with Gasteiger partial charge in [-0.25, -0.2) is 4.99 Å². The second kappa shape index (κ2) is 5.79. The summed E-state index contributed by atoms with van der Waals surface area (Å²) in [5.41, 5.74) is 1.50. The zero-order valence-electron chi connectivity index (χ0n) is 11.7. The molecule has 2 aromatic carbocycles. The van der Waals surface area contributed by atoms with Gasteiger partial charge < -0.3 is 9.47 Å². The van der Waals surface area contributed by atoms with Crippen LogP contribution in [0, 0.1) is 0 Å². The van der Waals surface area contributed by atoms with Crippen molar-refractivity contribution in [1.82, 2.24) is 0 Å². The molecule has 0 amide bonds. The zero-order chi connectivity index (χ0) is 14.7. The normalized spacial score (nSPS) is 17.0. The van der Waals surface area contributed by atoms with Gasteiger partial charge in [-0.3, -0.25) is 4.79 Å². The zero-order valence-corrected chi connectivity index (χ0v) is 11.7. The monoisotopic (exact) mass is 281 g/mol. The molecule has 21 heavy (non-hydrogen) atoms. The molecule has 3 rings (SSSR count). The standard InChI is InChI=1S/C17H15NO3/c1-20-14-9-7-12(8-10-14)16(19)15-11-21-17(18-15)13-5-3-2-4-6-13/h2-10,15H,11H2,1H3. The summed E-state index contributed by atoms with van der Waals surface area (Å²) in [4.78, 5) is 16.8. The van der Waals surface area contributed by atoms with E-state index >= 15 is 0 Å². The van der Waals surface area contributed by atoms with Crippen molar-refractivity contribution in [3.63, 3.8) is 0 Å². The SMILES string of the molecule is COc1ccc(C(=O)C2COC(c3ccccc3)=N2)cc1. The molecule has 0 saturated carbocycles. The fourth-order valence-electron chi connectivity index (χ4n) is 2.19. The summed E-state index contributed by atoms with van der Waals surface area (Å²) in [6, 6.07) is 16.1. The first-order chi connectivity index (χ1) is 10.3. The highest BCUT2D eigenvalue weighted by Gasteiger charge is 2.27. The highest BCUT2D eigenvalue weighted by molar-refractivity contribution is 6.04. The number of carbonyl (C=O) groups excluding carboxylic acids is 1. The maximum absolute atomic E-state index is 12.4. The largest absolute Gasteiger partial charge is 0.497 e. The maximum Gasteiger partial charge on any atom is 0.217 e. The molecule has 4 nitrogen and oxygen atoms in total. The number of hydrogen-bond donors (Lipinski definition) is 0. The number of hydrogen-bond acceptors (Lipinski definition) is 4. The van der Waals surface area contributed by atoms with Crippen LogP contribution in [-0.4, -0.2) is 31.4 Å². The molecule has 1 atom stereocenters. The number of nitrogens with zero attached hydrogens (tertiary/aromatic N) is 1. The third-order valence-corrected chi connectivity index (χ3v) is 3.35. The molecule has 0 saturated heterocycles. The van der Waals surface area contributed by atoms with Crippen molar-refractivity contribution in [3.05, 3.63) is 65.7 Å². The Kier molecular flexibility index (Phi) is 3.69. The predicted molar refractivity (Wildman–Crippen MR) is 80.0 cm³/mol. The summed E-state index contributed by atoms with van der Waals surface area (Å²) in [7, 11) is 1.60. The van der Waals surface area contributed by atoms with E-state index in [-0.39, 0.29) is 12.4 Å².